The Morgan fingerprint density at radius 2 is 1.23 bits per heavy atom. The number of carbonyl (C=O) groups excluding carboxylic acids is 2. The average molecular weight is 186 g/mol. The molecule has 0 aliphatic heterocycles. The van der Waals surface area contributed by atoms with Crippen LogP contribution in [0.15, 0.2) is 0 Å². The van der Waals surface area contributed by atoms with Crippen molar-refractivity contribution < 1.29 is 9.59 Å². The first-order chi connectivity index (χ1) is 6.22. The Hall–Kier alpha value is -0.660. The van der Waals surface area contributed by atoms with Crippen molar-refractivity contribution in [2.24, 2.45) is 5.92 Å². The first kappa shape index (κ1) is 14.8. The second-order valence-corrected chi connectivity index (χ2v) is 3.21. The van der Waals surface area contributed by atoms with Crippen molar-refractivity contribution >= 4 is 12.6 Å². The smallest absolute Gasteiger partial charge is 0.116 e. The number of carbonyl (C=O) groups is 2. The zero-order valence-corrected chi connectivity index (χ0v) is 9.08. The van der Waals surface area contributed by atoms with Gasteiger partial charge in [-0.2, -0.15) is 0 Å². The van der Waals surface area contributed by atoms with E-state index in [9.17, 15) is 0 Å². The van der Waals surface area contributed by atoms with Gasteiger partial charge < -0.3 is 9.59 Å². The molecule has 1 rings (SSSR count). The lowest BCUT2D eigenvalue weighted by Crippen LogP contribution is -1.99. The molecule has 78 valence electrons. The fourth-order valence-corrected chi connectivity index (χ4v) is 1.31. The van der Waals surface area contributed by atoms with Crippen LogP contribution in [0.2, 0.25) is 0 Å². The van der Waals surface area contributed by atoms with E-state index in [1.807, 2.05) is 0 Å². The molecule has 0 atom stereocenters. The van der Waals surface area contributed by atoms with E-state index in [0.717, 1.165) is 18.5 Å². The van der Waals surface area contributed by atoms with Gasteiger partial charge in [-0.1, -0.05) is 39.0 Å². The maximum absolute atomic E-state index is 8.81. The van der Waals surface area contributed by atoms with E-state index < -0.39 is 0 Å². The highest BCUT2D eigenvalue weighted by atomic mass is 16.1. The number of aldehydes is 2. The Bertz CT molecular complexity index is 98.7. The van der Waals surface area contributed by atoms with Crippen LogP contribution in [0.5, 0.6) is 0 Å². The minimum absolute atomic E-state index is 0.750. The van der Waals surface area contributed by atoms with Gasteiger partial charge in [-0.05, 0) is 19.8 Å². The quantitative estimate of drug-likeness (QED) is 0.545. The summed E-state index contributed by atoms with van der Waals surface area (Å²) >= 11 is 0. The molecule has 13 heavy (non-hydrogen) atoms. The van der Waals surface area contributed by atoms with Crippen LogP contribution in [0.25, 0.3) is 0 Å². The summed E-state index contributed by atoms with van der Waals surface area (Å²) in [7, 11) is 0. The van der Waals surface area contributed by atoms with E-state index in [4.69, 9.17) is 9.59 Å². The minimum atomic E-state index is 0.750. The van der Waals surface area contributed by atoms with E-state index in [2.05, 4.69) is 6.92 Å². The van der Waals surface area contributed by atoms with Gasteiger partial charge in [-0.15, -0.1) is 0 Å². The number of rotatable bonds is 0. The third-order valence-corrected chi connectivity index (χ3v) is 1.89. The van der Waals surface area contributed by atoms with E-state index in [-0.39, 0.29) is 0 Å². The largest absolute Gasteiger partial charge is 0.304 e. The first-order valence-electron chi connectivity index (χ1n) is 5.02. The van der Waals surface area contributed by atoms with Gasteiger partial charge in [-0.25, -0.2) is 0 Å². The van der Waals surface area contributed by atoms with Crippen molar-refractivity contribution in [3.8, 4) is 0 Å². The van der Waals surface area contributed by atoms with Crippen LogP contribution in [-0.2, 0) is 9.59 Å². The van der Waals surface area contributed by atoms with Gasteiger partial charge >= 0.3 is 0 Å². The molecule has 0 amide bonds. The molecule has 2 nitrogen and oxygen atoms in total. The summed E-state index contributed by atoms with van der Waals surface area (Å²) in [5.74, 6) is 1.04. The summed E-state index contributed by atoms with van der Waals surface area (Å²) in [5.41, 5.74) is 0. The van der Waals surface area contributed by atoms with Crippen LogP contribution in [0.4, 0.5) is 0 Å². The van der Waals surface area contributed by atoms with Crippen molar-refractivity contribution in [1.29, 1.82) is 0 Å². The molecule has 1 fully saturated rings. The normalized spacial score (nSPS) is 15.6. The molecule has 0 unspecified atom stereocenters. The van der Waals surface area contributed by atoms with E-state index in [1.165, 1.54) is 46.0 Å². The maximum atomic E-state index is 8.81. The predicted molar refractivity (Wildman–Crippen MR) is 55.7 cm³/mol. The fraction of sp³-hybridized carbons (Fsp3) is 0.818. The molecular formula is C11H22O2. The van der Waals surface area contributed by atoms with Crippen LogP contribution >= 0.6 is 0 Å². The summed E-state index contributed by atoms with van der Waals surface area (Å²) < 4.78 is 0. The molecule has 0 heterocycles. The summed E-state index contributed by atoms with van der Waals surface area (Å²) in [6, 6.07) is 0. The lowest BCUT2D eigenvalue weighted by Gasteiger charge is -2.15. The molecule has 2 heteroatoms. The van der Waals surface area contributed by atoms with Crippen molar-refractivity contribution in [3.05, 3.63) is 0 Å². The molecule has 0 saturated heterocycles. The Balaban J connectivity index is 0. The van der Waals surface area contributed by atoms with Gasteiger partial charge in [0.2, 0.25) is 0 Å². The Labute approximate surface area is 81.7 Å². The number of hydrogen-bond acceptors (Lipinski definition) is 2. The second kappa shape index (κ2) is 13.9. The van der Waals surface area contributed by atoms with Gasteiger partial charge in [0, 0.05) is 0 Å². The number of hydrogen-bond donors (Lipinski definition) is 0. The fourth-order valence-electron chi connectivity index (χ4n) is 1.31. The van der Waals surface area contributed by atoms with E-state index in [0.29, 0.717) is 0 Å². The van der Waals surface area contributed by atoms with E-state index >= 15 is 0 Å². The van der Waals surface area contributed by atoms with E-state index in [1.54, 1.807) is 0 Å². The molecule has 1 aliphatic rings. The van der Waals surface area contributed by atoms with Crippen molar-refractivity contribution in [2.45, 2.75) is 52.9 Å². The molecule has 0 aromatic carbocycles. The van der Waals surface area contributed by atoms with Crippen LogP contribution in [0.1, 0.15) is 52.9 Å². The Morgan fingerprint density at radius 3 is 1.38 bits per heavy atom. The van der Waals surface area contributed by atoms with Crippen LogP contribution in [0, 0.1) is 5.92 Å². The van der Waals surface area contributed by atoms with Crippen LogP contribution in [0.3, 0.4) is 0 Å². The molecule has 0 radical (unpaired) electrons. The topological polar surface area (TPSA) is 34.1 Å². The maximum Gasteiger partial charge on any atom is 0.116 e. The summed E-state index contributed by atoms with van der Waals surface area (Å²) in [6.07, 6.45) is 8.94. The van der Waals surface area contributed by atoms with Gasteiger partial charge in [0.25, 0.3) is 0 Å². The van der Waals surface area contributed by atoms with Crippen molar-refractivity contribution in [1.82, 2.24) is 0 Å². The molecule has 0 aromatic rings. The predicted octanol–water partition coefficient (Wildman–Crippen LogP) is 3.00. The summed E-state index contributed by atoms with van der Waals surface area (Å²) in [4.78, 5) is 17.6. The monoisotopic (exact) mass is 186 g/mol. The third-order valence-electron chi connectivity index (χ3n) is 1.89. The van der Waals surface area contributed by atoms with Crippen LogP contribution < -0.4 is 0 Å². The molecule has 0 spiro atoms. The minimum Gasteiger partial charge on any atom is -0.304 e. The molecular weight excluding hydrogens is 164 g/mol. The first-order valence-corrected chi connectivity index (χ1v) is 5.02. The van der Waals surface area contributed by atoms with Crippen LogP contribution in [-0.4, -0.2) is 12.6 Å². The van der Waals surface area contributed by atoms with Gasteiger partial charge in [0.15, 0.2) is 0 Å². The molecule has 1 saturated carbocycles. The molecule has 0 N–H and O–H groups in total. The van der Waals surface area contributed by atoms with Crippen molar-refractivity contribution in [2.75, 3.05) is 0 Å². The highest BCUT2D eigenvalue weighted by molar-refractivity contribution is 5.44. The molecule has 1 aliphatic carbocycles. The Morgan fingerprint density at radius 1 is 0.923 bits per heavy atom. The van der Waals surface area contributed by atoms with Gasteiger partial charge in [0.1, 0.15) is 12.6 Å². The highest BCUT2D eigenvalue weighted by Crippen LogP contribution is 2.21. The van der Waals surface area contributed by atoms with Gasteiger partial charge in [-0.3, -0.25) is 0 Å². The van der Waals surface area contributed by atoms with Gasteiger partial charge in [0.05, 0.1) is 0 Å². The standard InChI is InChI=1S/C7H14.2C2H4O/c1-7-5-3-2-4-6-7;2*1-2-3/h7H,2-6H2,1H3;2*2H,1H3. The highest BCUT2D eigenvalue weighted by Gasteiger charge is 2.05. The molecule has 0 bridgehead atoms. The van der Waals surface area contributed by atoms with Crippen molar-refractivity contribution in [3.63, 3.8) is 0 Å². The zero-order chi connectivity index (χ0) is 10.5. The Kier molecular flexibility index (Phi) is 15.9. The third kappa shape index (κ3) is 18.4. The summed E-state index contributed by atoms with van der Waals surface area (Å²) in [6.45, 7) is 5.25. The zero-order valence-electron chi connectivity index (χ0n) is 9.08. The lowest BCUT2D eigenvalue weighted by molar-refractivity contribution is -0.106. The SMILES string of the molecule is CC1CCCCC1.CC=O.CC=O. The average Bonchev–Trinajstić information content (AvgIpc) is 2.08. The second-order valence-electron chi connectivity index (χ2n) is 3.21. The summed E-state index contributed by atoms with van der Waals surface area (Å²) in [5, 5.41) is 0. The lowest BCUT2D eigenvalue weighted by atomic mass is 9.91. The molecule has 0 aromatic heterocycles.